The van der Waals surface area contributed by atoms with Crippen LogP contribution in [0.1, 0.15) is 20.7 Å². The number of hydrogen-bond acceptors (Lipinski definition) is 4. The van der Waals surface area contributed by atoms with Gasteiger partial charge in [0.15, 0.2) is 11.6 Å². The summed E-state index contributed by atoms with van der Waals surface area (Å²) in [5, 5.41) is 9.40. The molecule has 1 aromatic carbocycles. The van der Waals surface area contributed by atoms with Crippen LogP contribution >= 0.6 is 12.6 Å². The Morgan fingerprint density at radius 1 is 1.21 bits per heavy atom. The van der Waals surface area contributed by atoms with Crippen LogP contribution in [0.5, 0.6) is 5.75 Å². The third-order valence-corrected chi connectivity index (χ3v) is 2.37. The summed E-state index contributed by atoms with van der Waals surface area (Å²) in [6.45, 7) is 0. The number of Topliss-reactive ketones (excluding diaryl/α,β-unsaturated/α-hetero) is 1. The largest absolute Gasteiger partial charge is 0.507 e. The Kier molecular flexibility index (Phi) is 1.93. The molecule has 1 N–H and O–H groups in total. The molecule has 70 valence electrons. The molecule has 14 heavy (non-hydrogen) atoms. The molecule has 0 heterocycles. The lowest BCUT2D eigenvalue weighted by Gasteiger charge is -2.12. The van der Waals surface area contributed by atoms with Crippen LogP contribution in [-0.2, 0) is 0 Å². The van der Waals surface area contributed by atoms with Crippen LogP contribution in [0.4, 0.5) is 0 Å². The SMILES string of the molecule is O=C1C(S)=CC(=O)c2c(O)cccc21. The van der Waals surface area contributed by atoms with Crippen molar-refractivity contribution in [3.8, 4) is 5.75 Å². The van der Waals surface area contributed by atoms with Gasteiger partial charge in [0.05, 0.1) is 10.5 Å². The summed E-state index contributed by atoms with van der Waals surface area (Å²) in [7, 11) is 0. The van der Waals surface area contributed by atoms with E-state index in [-0.39, 0.29) is 33.3 Å². The number of carbonyl (C=O) groups is 2. The second-order valence-corrected chi connectivity index (χ2v) is 3.40. The van der Waals surface area contributed by atoms with E-state index < -0.39 is 0 Å². The smallest absolute Gasteiger partial charge is 0.200 e. The molecule has 0 bridgehead atoms. The van der Waals surface area contributed by atoms with E-state index in [1.54, 1.807) is 0 Å². The van der Waals surface area contributed by atoms with Gasteiger partial charge in [-0.1, -0.05) is 6.07 Å². The van der Waals surface area contributed by atoms with Gasteiger partial charge in [-0.05, 0) is 12.1 Å². The zero-order valence-electron chi connectivity index (χ0n) is 7.02. The van der Waals surface area contributed by atoms with Gasteiger partial charge in [0, 0.05) is 11.6 Å². The predicted octanol–water partition coefficient (Wildman–Crippen LogP) is 1.58. The Bertz CT molecular complexity index is 474. The van der Waals surface area contributed by atoms with E-state index in [9.17, 15) is 14.7 Å². The van der Waals surface area contributed by atoms with Crippen molar-refractivity contribution in [3.05, 3.63) is 40.3 Å². The molecule has 0 fully saturated rings. The van der Waals surface area contributed by atoms with Gasteiger partial charge in [0.2, 0.25) is 0 Å². The molecule has 0 saturated carbocycles. The van der Waals surface area contributed by atoms with E-state index in [0.717, 1.165) is 6.08 Å². The van der Waals surface area contributed by atoms with Gasteiger partial charge < -0.3 is 5.11 Å². The minimum atomic E-state index is -0.386. The summed E-state index contributed by atoms with van der Waals surface area (Å²) in [6, 6.07) is 4.39. The lowest BCUT2D eigenvalue weighted by Crippen LogP contribution is -2.14. The molecular weight excluding hydrogens is 200 g/mol. The fraction of sp³-hybridized carbons (Fsp3) is 0. The van der Waals surface area contributed by atoms with Crippen LogP contribution in [-0.4, -0.2) is 16.7 Å². The van der Waals surface area contributed by atoms with Gasteiger partial charge in [0.1, 0.15) is 5.75 Å². The summed E-state index contributed by atoms with van der Waals surface area (Å²) in [6.07, 6.45) is 1.12. The summed E-state index contributed by atoms with van der Waals surface area (Å²) in [5.74, 6) is -0.889. The van der Waals surface area contributed by atoms with Crippen molar-refractivity contribution in [2.24, 2.45) is 0 Å². The fourth-order valence-electron chi connectivity index (χ4n) is 1.39. The Morgan fingerprint density at radius 2 is 1.93 bits per heavy atom. The number of ketones is 2. The highest BCUT2D eigenvalue weighted by Gasteiger charge is 2.25. The number of carbonyl (C=O) groups excluding carboxylic acids is 2. The Labute approximate surface area is 85.5 Å². The Hall–Kier alpha value is -1.55. The van der Waals surface area contributed by atoms with Gasteiger partial charge in [0.25, 0.3) is 0 Å². The van der Waals surface area contributed by atoms with Crippen LogP contribution in [0.2, 0.25) is 0 Å². The average Bonchev–Trinajstić information content (AvgIpc) is 2.14. The van der Waals surface area contributed by atoms with E-state index in [2.05, 4.69) is 12.6 Å². The van der Waals surface area contributed by atoms with Crippen molar-refractivity contribution in [3.63, 3.8) is 0 Å². The van der Waals surface area contributed by atoms with Crippen LogP contribution in [0, 0.1) is 0 Å². The minimum Gasteiger partial charge on any atom is -0.507 e. The van der Waals surface area contributed by atoms with E-state index in [0.29, 0.717) is 0 Å². The number of allylic oxidation sites excluding steroid dienone is 2. The summed E-state index contributed by atoms with van der Waals surface area (Å²) < 4.78 is 0. The molecule has 0 spiro atoms. The molecule has 4 heteroatoms. The number of phenolic OH excluding ortho intramolecular Hbond substituents is 1. The standard InChI is InChI=1S/C10H6O3S/c11-6-3-1-2-5-9(6)7(12)4-8(14)10(5)13/h1-4,11,14H. The monoisotopic (exact) mass is 206 g/mol. The van der Waals surface area contributed by atoms with Crippen LogP contribution in [0.25, 0.3) is 0 Å². The first-order chi connectivity index (χ1) is 6.61. The summed E-state index contributed by atoms with van der Waals surface area (Å²) in [5.41, 5.74) is 0.276. The van der Waals surface area contributed by atoms with Gasteiger partial charge in [-0.2, -0.15) is 0 Å². The first-order valence-electron chi connectivity index (χ1n) is 3.93. The highest BCUT2D eigenvalue weighted by Crippen LogP contribution is 2.29. The van der Waals surface area contributed by atoms with Gasteiger partial charge in [-0.3, -0.25) is 9.59 Å². The van der Waals surface area contributed by atoms with E-state index in [1.807, 2.05) is 0 Å². The third kappa shape index (κ3) is 1.15. The zero-order valence-corrected chi connectivity index (χ0v) is 7.91. The zero-order chi connectivity index (χ0) is 10.3. The maximum Gasteiger partial charge on any atom is 0.200 e. The molecule has 1 aliphatic rings. The van der Waals surface area contributed by atoms with Crippen molar-refractivity contribution < 1.29 is 14.7 Å². The molecule has 0 atom stereocenters. The molecular formula is C10H6O3S. The second-order valence-electron chi connectivity index (χ2n) is 2.92. The van der Waals surface area contributed by atoms with E-state index >= 15 is 0 Å². The third-order valence-electron chi connectivity index (χ3n) is 2.03. The Morgan fingerprint density at radius 3 is 2.64 bits per heavy atom. The quantitative estimate of drug-likeness (QED) is 0.634. The van der Waals surface area contributed by atoms with Crippen LogP contribution < -0.4 is 0 Å². The summed E-state index contributed by atoms with van der Waals surface area (Å²) >= 11 is 3.88. The molecule has 0 unspecified atom stereocenters. The molecule has 0 aliphatic heterocycles. The highest BCUT2D eigenvalue weighted by molar-refractivity contribution is 7.85. The topological polar surface area (TPSA) is 54.4 Å². The maximum absolute atomic E-state index is 11.5. The van der Waals surface area contributed by atoms with Crippen LogP contribution in [0.3, 0.4) is 0 Å². The maximum atomic E-state index is 11.5. The fourth-order valence-corrected chi connectivity index (χ4v) is 1.63. The van der Waals surface area contributed by atoms with Gasteiger partial charge >= 0.3 is 0 Å². The molecule has 0 amide bonds. The van der Waals surface area contributed by atoms with Crippen molar-refractivity contribution >= 4 is 24.2 Å². The Balaban J connectivity index is 2.75. The molecule has 0 radical (unpaired) electrons. The number of benzene rings is 1. The van der Waals surface area contributed by atoms with Crippen molar-refractivity contribution in [1.82, 2.24) is 0 Å². The molecule has 3 nitrogen and oxygen atoms in total. The van der Waals surface area contributed by atoms with E-state index in [1.165, 1.54) is 18.2 Å². The van der Waals surface area contributed by atoms with Crippen LogP contribution in [0.15, 0.2) is 29.2 Å². The lowest BCUT2D eigenvalue weighted by atomic mass is 9.94. The van der Waals surface area contributed by atoms with Crippen molar-refractivity contribution in [1.29, 1.82) is 0 Å². The first-order valence-corrected chi connectivity index (χ1v) is 4.37. The van der Waals surface area contributed by atoms with Crippen molar-refractivity contribution in [2.45, 2.75) is 0 Å². The normalized spacial score (nSPS) is 15.1. The van der Waals surface area contributed by atoms with E-state index in [4.69, 9.17) is 0 Å². The number of thiol groups is 1. The average molecular weight is 206 g/mol. The lowest BCUT2D eigenvalue weighted by molar-refractivity contribution is 0.0989. The molecule has 1 aliphatic carbocycles. The number of hydrogen-bond donors (Lipinski definition) is 2. The predicted molar refractivity (Wildman–Crippen MR) is 53.8 cm³/mol. The van der Waals surface area contributed by atoms with Crippen molar-refractivity contribution in [2.75, 3.05) is 0 Å². The number of phenols is 1. The molecule has 1 aromatic rings. The second kappa shape index (κ2) is 2.99. The first kappa shape index (κ1) is 9.02. The number of aromatic hydroxyl groups is 1. The molecule has 0 saturated heterocycles. The minimum absolute atomic E-state index is 0.0651. The molecule has 2 rings (SSSR count). The van der Waals surface area contributed by atoms with Gasteiger partial charge in [-0.15, -0.1) is 12.6 Å². The summed E-state index contributed by atoms with van der Waals surface area (Å²) in [4.78, 5) is 23.0. The number of rotatable bonds is 0. The van der Waals surface area contributed by atoms with Gasteiger partial charge in [-0.25, -0.2) is 0 Å². The molecule has 0 aromatic heterocycles. The highest BCUT2D eigenvalue weighted by atomic mass is 32.1. The number of fused-ring (bicyclic) bond motifs is 1.